The van der Waals surface area contributed by atoms with Crippen molar-refractivity contribution in [3.05, 3.63) is 78.2 Å². The van der Waals surface area contributed by atoms with Gasteiger partial charge in [-0.05, 0) is 30.4 Å². The summed E-state index contributed by atoms with van der Waals surface area (Å²) < 4.78 is 2.15. The molecule has 2 aromatic carbocycles. The fraction of sp³-hybridized carbons (Fsp3) is 0.448. The van der Waals surface area contributed by atoms with Crippen LogP contribution in [-0.4, -0.2) is 63.0 Å². The Hall–Kier alpha value is -3.20. The van der Waals surface area contributed by atoms with Crippen molar-refractivity contribution in [1.29, 1.82) is 0 Å². The van der Waals surface area contributed by atoms with Gasteiger partial charge in [0.15, 0.2) is 0 Å². The van der Waals surface area contributed by atoms with E-state index in [-0.39, 0.29) is 11.5 Å². The molecule has 8 nitrogen and oxygen atoms in total. The van der Waals surface area contributed by atoms with Crippen LogP contribution in [-0.2, 0) is 11.4 Å². The number of hydrogen-bond acceptors (Lipinski definition) is 6. The van der Waals surface area contributed by atoms with Crippen LogP contribution in [0.5, 0.6) is 0 Å². The lowest BCUT2D eigenvalue weighted by atomic mass is 9.84. The first kappa shape index (κ1) is 26.9. The molecule has 2 atom stereocenters. The third kappa shape index (κ3) is 6.77. The number of carbonyl (C=O) groups is 1. The van der Waals surface area contributed by atoms with Crippen molar-refractivity contribution < 1.29 is 14.7 Å². The molecule has 1 fully saturated rings. The lowest BCUT2D eigenvalue weighted by molar-refractivity contribution is -0.108. The normalized spacial score (nSPS) is 17.1. The van der Waals surface area contributed by atoms with Crippen LogP contribution >= 0.6 is 0 Å². The molecule has 8 heteroatoms. The average Bonchev–Trinajstić information content (AvgIpc) is 3.47. The molecule has 1 aliphatic rings. The first-order valence-corrected chi connectivity index (χ1v) is 13.0. The number of rotatable bonds is 9. The van der Waals surface area contributed by atoms with Crippen LogP contribution in [0.1, 0.15) is 51.0 Å². The van der Waals surface area contributed by atoms with Crippen molar-refractivity contribution >= 4 is 6.09 Å². The minimum Gasteiger partial charge on any atom is -0.392 e. The Morgan fingerprint density at radius 2 is 1.84 bits per heavy atom. The summed E-state index contributed by atoms with van der Waals surface area (Å²) in [5, 5.41) is 11.5. The highest BCUT2D eigenvalue weighted by Crippen LogP contribution is 2.39. The smallest absolute Gasteiger partial charge is 0.392 e. The molecular formula is C29H39N5O3. The van der Waals surface area contributed by atoms with E-state index in [1.165, 1.54) is 0 Å². The Morgan fingerprint density at radius 1 is 1.16 bits per heavy atom. The minimum atomic E-state index is -0.484. The molecule has 3 N–H and O–H groups in total. The molecule has 0 radical (unpaired) electrons. The SMILES string of the molecule is CC(C)(C)[C@H](c1nc(-c2ccccc2)cn1Cc1ccccc1)N(CCCN)C(=O)ON1CC[C@@H](O)C1. The fourth-order valence-electron chi connectivity index (χ4n) is 4.84. The number of nitrogens with two attached hydrogens (primary N) is 1. The highest BCUT2D eigenvalue weighted by molar-refractivity contribution is 5.68. The lowest BCUT2D eigenvalue weighted by Crippen LogP contribution is -2.45. The number of aliphatic hydroxyl groups excluding tert-OH is 1. The summed E-state index contributed by atoms with van der Waals surface area (Å²) in [6.07, 6.45) is 2.36. The molecule has 0 bridgehead atoms. The van der Waals surface area contributed by atoms with Crippen molar-refractivity contribution in [2.75, 3.05) is 26.2 Å². The zero-order chi connectivity index (χ0) is 26.4. The first-order chi connectivity index (χ1) is 17.8. The predicted molar refractivity (Wildman–Crippen MR) is 144 cm³/mol. The van der Waals surface area contributed by atoms with Gasteiger partial charge in [-0.25, -0.2) is 9.78 Å². The van der Waals surface area contributed by atoms with Crippen molar-refractivity contribution in [2.45, 2.75) is 52.3 Å². The molecular weight excluding hydrogens is 466 g/mol. The number of aromatic nitrogens is 2. The first-order valence-electron chi connectivity index (χ1n) is 13.0. The fourth-order valence-corrected chi connectivity index (χ4v) is 4.84. The molecule has 4 rings (SSSR count). The van der Waals surface area contributed by atoms with E-state index in [4.69, 9.17) is 15.6 Å². The van der Waals surface area contributed by atoms with Gasteiger partial charge in [0, 0.05) is 31.4 Å². The number of β-amino-alcohol motifs (C(OH)–C–C–N with tert-alkyl or cyclic N) is 1. The molecule has 0 spiro atoms. The molecule has 0 unspecified atom stereocenters. The molecule has 3 aromatic rings. The van der Waals surface area contributed by atoms with Crippen LogP contribution in [0, 0.1) is 5.41 Å². The number of amides is 1. The highest BCUT2D eigenvalue weighted by Gasteiger charge is 2.40. The highest BCUT2D eigenvalue weighted by atomic mass is 16.7. The maximum atomic E-state index is 13.6. The van der Waals surface area contributed by atoms with Crippen LogP contribution in [0.15, 0.2) is 66.9 Å². The Morgan fingerprint density at radius 3 is 2.43 bits per heavy atom. The number of benzene rings is 2. The Kier molecular flexibility index (Phi) is 8.63. The van der Waals surface area contributed by atoms with Gasteiger partial charge in [-0.2, -0.15) is 0 Å². The Balaban J connectivity index is 1.76. The summed E-state index contributed by atoms with van der Waals surface area (Å²) in [5.74, 6) is 0.797. The third-order valence-corrected chi connectivity index (χ3v) is 6.62. The maximum absolute atomic E-state index is 13.6. The average molecular weight is 506 g/mol. The van der Waals surface area contributed by atoms with E-state index in [2.05, 4.69) is 43.7 Å². The number of imidazole rings is 1. The molecule has 1 aromatic heterocycles. The van der Waals surface area contributed by atoms with Gasteiger partial charge >= 0.3 is 6.09 Å². The Bertz CT molecular complexity index is 1140. The zero-order valence-corrected chi connectivity index (χ0v) is 22.1. The summed E-state index contributed by atoms with van der Waals surface area (Å²) >= 11 is 0. The monoisotopic (exact) mass is 505 g/mol. The van der Waals surface area contributed by atoms with Crippen molar-refractivity contribution in [3.8, 4) is 11.3 Å². The maximum Gasteiger partial charge on any atom is 0.429 e. The number of carbonyl (C=O) groups excluding carboxylic acids is 1. The summed E-state index contributed by atoms with van der Waals surface area (Å²) in [4.78, 5) is 26.3. The van der Waals surface area contributed by atoms with Crippen molar-refractivity contribution in [2.24, 2.45) is 11.1 Å². The van der Waals surface area contributed by atoms with Crippen LogP contribution in [0.2, 0.25) is 0 Å². The van der Waals surface area contributed by atoms with Gasteiger partial charge in [0.25, 0.3) is 0 Å². The number of hydroxylamine groups is 2. The molecule has 1 aliphatic heterocycles. The van der Waals surface area contributed by atoms with E-state index in [1.807, 2.05) is 48.5 Å². The van der Waals surface area contributed by atoms with E-state index in [0.717, 1.165) is 22.6 Å². The minimum absolute atomic E-state index is 0.317. The number of aliphatic hydroxyl groups is 1. The van der Waals surface area contributed by atoms with E-state index in [0.29, 0.717) is 45.6 Å². The quantitative estimate of drug-likeness (QED) is 0.446. The van der Waals surface area contributed by atoms with Crippen LogP contribution in [0.4, 0.5) is 4.79 Å². The van der Waals surface area contributed by atoms with Crippen molar-refractivity contribution in [3.63, 3.8) is 0 Å². The third-order valence-electron chi connectivity index (χ3n) is 6.62. The van der Waals surface area contributed by atoms with Gasteiger partial charge in [0.2, 0.25) is 0 Å². The summed E-state index contributed by atoms with van der Waals surface area (Å²) in [7, 11) is 0. The van der Waals surface area contributed by atoms with Gasteiger partial charge in [0.05, 0.1) is 24.4 Å². The number of nitrogens with zero attached hydrogens (tertiary/aromatic N) is 4. The standard InChI is InChI=1S/C29H39N5O3/c1-29(2,3)26(34(17-10-16-30)28(36)37-33-18-15-24(35)20-33)27-31-25(23-13-8-5-9-14-23)21-32(27)19-22-11-6-4-7-12-22/h4-9,11-14,21,24,26,35H,10,15-20,30H2,1-3H3/t24-,26+/m1/s1. The predicted octanol–water partition coefficient (Wildman–Crippen LogP) is 4.45. The second-order valence-corrected chi connectivity index (χ2v) is 10.8. The molecule has 198 valence electrons. The van der Waals surface area contributed by atoms with Crippen molar-refractivity contribution in [1.82, 2.24) is 19.5 Å². The van der Waals surface area contributed by atoms with E-state index >= 15 is 0 Å². The van der Waals surface area contributed by atoms with Gasteiger partial charge in [-0.1, -0.05) is 81.4 Å². The van der Waals surface area contributed by atoms with Crippen LogP contribution in [0.25, 0.3) is 11.3 Å². The summed E-state index contributed by atoms with van der Waals surface area (Å²) in [5.41, 5.74) is 8.55. The van der Waals surface area contributed by atoms with Gasteiger partial charge in [0.1, 0.15) is 5.82 Å². The molecule has 1 amide bonds. The number of hydrogen-bond donors (Lipinski definition) is 2. The van der Waals surface area contributed by atoms with Gasteiger partial charge < -0.3 is 20.2 Å². The zero-order valence-electron chi connectivity index (χ0n) is 22.1. The molecule has 2 heterocycles. The second kappa shape index (κ2) is 11.9. The largest absolute Gasteiger partial charge is 0.429 e. The van der Waals surface area contributed by atoms with E-state index < -0.39 is 12.2 Å². The summed E-state index contributed by atoms with van der Waals surface area (Å²) in [6.45, 7) is 8.69. The lowest BCUT2D eigenvalue weighted by Gasteiger charge is -2.39. The topological polar surface area (TPSA) is 96.9 Å². The second-order valence-electron chi connectivity index (χ2n) is 10.8. The van der Waals surface area contributed by atoms with Crippen LogP contribution < -0.4 is 5.73 Å². The summed E-state index contributed by atoms with van der Waals surface area (Å²) in [6, 6.07) is 20.0. The molecule has 1 saturated heterocycles. The molecule has 0 aliphatic carbocycles. The molecule has 37 heavy (non-hydrogen) atoms. The Labute approximate surface area is 219 Å². The van der Waals surface area contributed by atoms with Gasteiger partial charge in [-0.15, -0.1) is 5.06 Å². The van der Waals surface area contributed by atoms with Crippen LogP contribution in [0.3, 0.4) is 0 Å². The molecule has 0 saturated carbocycles. The van der Waals surface area contributed by atoms with E-state index in [9.17, 15) is 9.90 Å². The van der Waals surface area contributed by atoms with Gasteiger partial charge in [-0.3, -0.25) is 4.90 Å². The van der Waals surface area contributed by atoms with E-state index in [1.54, 1.807) is 9.96 Å².